The Balaban J connectivity index is 1.74. The first-order valence-electron chi connectivity index (χ1n) is 15.0. The standard InChI is InChI=1S/C32H46N4O4S/c1-7-18-34(19-8-2)29(38)26-25-16-17-32(41-25)27(26)30(39)36(22(6)21-37)28(32)31(40)35(20-9-3)24-14-12-23(13-15-24)33(10-4)11-5/h7,9,12-15,22,25-28,37H,1,3,8,10-11,16-21H2,2,4-6H3/t22-,25+,26-,27+,28?,32?/m1/s1. The van der Waals surface area contributed by atoms with Gasteiger partial charge in [-0.05, 0) is 64.3 Å². The molecule has 41 heavy (non-hydrogen) atoms. The number of carbonyl (C=O) groups is 3. The molecule has 0 saturated carbocycles. The average molecular weight is 583 g/mol. The maximum atomic E-state index is 14.7. The van der Waals surface area contributed by atoms with E-state index in [-0.39, 0.29) is 36.1 Å². The van der Waals surface area contributed by atoms with E-state index in [1.165, 1.54) is 0 Å². The molecule has 3 fully saturated rings. The Morgan fingerprint density at radius 3 is 2.29 bits per heavy atom. The van der Waals surface area contributed by atoms with E-state index in [0.717, 1.165) is 37.3 Å². The van der Waals surface area contributed by atoms with Gasteiger partial charge in [0.1, 0.15) is 6.04 Å². The lowest BCUT2D eigenvalue weighted by atomic mass is 9.70. The Morgan fingerprint density at radius 2 is 1.73 bits per heavy atom. The number of anilines is 2. The van der Waals surface area contributed by atoms with Crippen molar-refractivity contribution in [1.29, 1.82) is 0 Å². The van der Waals surface area contributed by atoms with Crippen molar-refractivity contribution in [2.24, 2.45) is 11.8 Å². The van der Waals surface area contributed by atoms with Crippen LogP contribution in [0.5, 0.6) is 0 Å². The molecular formula is C32H46N4O4S. The van der Waals surface area contributed by atoms with Gasteiger partial charge in [-0.25, -0.2) is 0 Å². The minimum Gasteiger partial charge on any atom is -0.394 e. The Labute approximate surface area is 249 Å². The lowest BCUT2D eigenvalue weighted by molar-refractivity contribution is -0.145. The molecule has 1 aromatic carbocycles. The molecule has 4 rings (SSSR count). The maximum Gasteiger partial charge on any atom is 0.251 e. The quantitative estimate of drug-likeness (QED) is 0.335. The summed E-state index contributed by atoms with van der Waals surface area (Å²) in [6, 6.07) is 6.61. The molecule has 0 aromatic heterocycles. The van der Waals surface area contributed by atoms with E-state index in [4.69, 9.17) is 0 Å². The predicted octanol–water partition coefficient (Wildman–Crippen LogP) is 3.95. The lowest BCUT2D eigenvalue weighted by Gasteiger charge is -2.39. The highest BCUT2D eigenvalue weighted by Gasteiger charge is 2.74. The monoisotopic (exact) mass is 582 g/mol. The highest BCUT2D eigenvalue weighted by Crippen LogP contribution is 2.67. The zero-order valence-electron chi connectivity index (χ0n) is 25.0. The molecule has 1 aromatic rings. The summed E-state index contributed by atoms with van der Waals surface area (Å²) < 4.78 is -0.713. The van der Waals surface area contributed by atoms with Crippen molar-refractivity contribution in [3.63, 3.8) is 0 Å². The van der Waals surface area contributed by atoms with Crippen LogP contribution in [0.1, 0.15) is 47.0 Å². The molecule has 8 nitrogen and oxygen atoms in total. The minimum absolute atomic E-state index is 0.0105. The second-order valence-corrected chi connectivity index (χ2v) is 12.9. The maximum absolute atomic E-state index is 14.7. The van der Waals surface area contributed by atoms with Gasteiger partial charge < -0.3 is 24.7 Å². The molecule has 1 spiro atoms. The van der Waals surface area contributed by atoms with Crippen LogP contribution in [-0.4, -0.2) is 94.0 Å². The zero-order valence-corrected chi connectivity index (χ0v) is 25.8. The third-order valence-corrected chi connectivity index (χ3v) is 11.0. The minimum atomic E-state index is -0.781. The molecule has 3 heterocycles. The molecule has 224 valence electrons. The number of rotatable bonds is 14. The van der Waals surface area contributed by atoms with Crippen LogP contribution in [0.4, 0.5) is 11.4 Å². The van der Waals surface area contributed by atoms with Gasteiger partial charge in [-0.3, -0.25) is 14.4 Å². The second kappa shape index (κ2) is 13.0. The predicted molar refractivity (Wildman–Crippen MR) is 167 cm³/mol. The van der Waals surface area contributed by atoms with Crippen molar-refractivity contribution in [3.05, 3.63) is 49.6 Å². The van der Waals surface area contributed by atoms with Gasteiger partial charge in [0.15, 0.2) is 0 Å². The number of aliphatic hydroxyl groups excluding tert-OH is 1. The summed E-state index contributed by atoms with van der Waals surface area (Å²) in [5.41, 5.74) is 1.82. The smallest absolute Gasteiger partial charge is 0.251 e. The van der Waals surface area contributed by atoms with Crippen LogP contribution >= 0.6 is 11.8 Å². The third kappa shape index (κ3) is 5.31. The van der Waals surface area contributed by atoms with Crippen molar-refractivity contribution >= 4 is 40.9 Å². The van der Waals surface area contributed by atoms with Gasteiger partial charge in [0.2, 0.25) is 11.8 Å². The summed E-state index contributed by atoms with van der Waals surface area (Å²) in [6.45, 7) is 18.6. The average Bonchev–Trinajstić information content (AvgIpc) is 3.63. The molecule has 2 bridgehead atoms. The van der Waals surface area contributed by atoms with Crippen molar-refractivity contribution in [2.75, 3.05) is 49.1 Å². The van der Waals surface area contributed by atoms with E-state index in [1.807, 2.05) is 31.2 Å². The van der Waals surface area contributed by atoms with Crippen molar-refractivity contribution in [2.45, 2.75) is 69.0 Å². The Bertz CT molecular complexity index is 1140. The second-order valence-electron chi connectivity index (χ2n) is 11.3. The van der Waals surface area contributed by atoms with Crippen LogP contribution in [0.15, 0.2) is 49.6 Å². The molecule has 9 heteroatoms. The van der Waals surface area contributed by atoms with Gasteiger partial charge in [0.25, 0.3) is 5.91 Å². The van der Waals surface area contributed by atoms with E-state index in [1.54, 1.807) is 45.5 Å². The van der Waals surface area contributed by atoms with Crippen LogP contribution in [0.25, 0.3) is 0 Å². The van der Waals surface area contributed by atoms with E-state index in [9.17, 15) is 19.5 Å². The largest absolute Gasteiger partial charge is 0.394 e. The van der Waals surface area contributed by atoms with Gasteiger partial charge in [-0.2, -0.15) is 0 Å². The van der Waals surface area contributed by atoms with Crippen LogP contribution < -0.4 is 9.80 Å². The number of carbonyl (C=O) groups excluding carboxylic acids is 3. The van der Waals surface area contributed by atoms with Crippen molar-refractivity contribution in [1.82, 2.24) is 9.80 Å². The Kier molecular flexibility index (Phi) is 9.90. The van der Waals surface area contributed by atoms with E-state index in [0.29, 0.717) is 19.5 Å². The molecule has 0 aliphatic carbocycles. The fraction of sp³-hybridized carbons (Fsp3) is 0.594. The first-order chi connectivity index (χ1) is 19.7. The number of likely N-dealkylation sites (tertiary alicyclic amines) is 1. The summed E-state index contributed by atoms with van der Waals surface area (Å²) in [6.07, 6.45) is 5.71. The number of fused-ring (bicyclic) bond motifs is 1. The van der Waals surface area contributed by atoms with Gasteiger partial charge >= 0.3 is 0 Å². The number of thioether (sulfide) groups is 1. The normalized spacial score (nSPS) is 27.0. The summed E-state index contributed by atoms with van der Waals surface area (Å²) in [7, 11) is 0. The lowest BCUT2D eigenvalue weighted by Crippen LogP contribution is -2.57. The molecule has 1 N–H and O–H groups in total. The first kappa shape index (κ1) is 31.2. The van der Waals surface area contributed by atoms with Gasteiger partial charge in [0, 0.05) is 49.3 Å². The van der Waals surface area contributed by atoms with E-state index >= 15 is 0 Å². The summed E-state index contributed by atoms with van der Waals surface area (Å²) >= 11 is 1.66. The number of hydrogen-bond acceptors (Lipinski definition) is 6. The fourth-order valence-electron chi connectivity index (χ4n) is 7.17. The fourth-order valence-corrected chi connectivity index (χ4v) is 9.37. The number of benzene rings is 1. The number of hydrogen-bond donors (Lipinski definition) is 1. The van der Waals surface area contributed by atoms with Crippen molar-refractivity contribution in [3.8, 4) is 0 Å². The molecule has 3 saturated heterocycles. The van der Waals surface area contributed by atoms with Crippen LogP contribution in [0.2, 0.25) is 0 Å². The Hall–Kier alpha value is -2.78. The topological polar surface area (TPSA) is 84.4 Å². The molecule has 0 radical (unpaired) electrons. The van der Waals surface area contributed by atoms with Crippen LogP contribution in [0, 0.1) is 11.8 Å². The molecule has 2 unspecified atom stereocenters. The Morgan fingerprint density at radius 1 is 1.10 bits per heavy atom. The van der Waals surface area contributed by atoms with Gasteiger partial charge in [-0.15, -0.1) is 24.9 Å². The summed E-state index contributed by atoms with van der Waals surface area (Å²) in [4.78, 5) is 50.2. The SMILES string of the molecule is C=CCN(CCC)C(=O)[C@@H]1[C@@H]2CCC3(S2)C(C(=O)N(CC=C)c2ccc(N(CC)CC)cc2)N([C@H](C)CO)C(=O)[C@H]13. The van der Waals surface area contributed by atoms with E-state index in [2.05, 4.69) is 31.9 Å². The molecule has 3 aliphatic rings. The molecule has 3 aliphatic heterocycles. The third-order valence-electron chi connectivity index (χ3n) is 9.02. The number of nitrogens with zero attached hydrogens (tertiary/aromatic N) is 4. The highest BCUT2D eigenvalue weighted by molar-refractivity contribution is 8.02. The van der Waals surface area contributed by atoms with E-state index < -0.39 is 28.7 Å². The summed E-state index contributed by atoms with van der Waals surface area (Å²) in [5.74, 6) is -1.48. The number of amides is 3. The van der Waals surface area contributed by atoms with Crippen LogP contribution in [0.3, 0.4) is 0 Å². The molecular weight excluding hydrogens is 536 g/mol. The van der Waals surface area contributed by atoms with Crippen LogP contribution in [-0.2, 0) is 14.4 Å². The molecule has 6 atom stereocenters. The van der Waals surface area contributed by atoms with Gasteiger partial charge in [-0.1, -0.05) is 19.1 Å². The highest BCUT2D eigenvalue weighted by atomic mass is 32.2. The number of aliphatic hydroxyl groups is 1. The van der Waals surface area contributed by atoms with Gasteiger partial charge in [0.05, 0.1) is 29.2 Å². The molecule has 3 amide bonds. The first-order valence-corrected chi connectivity index (χ1v) is 15.9. The summed E-state index contributed by atoms with van der Waals surface area (Å²) in [5, 5.41) is 10.2. The van der Waals surface area contributed by atoms with Crippen molar-refractivity contribution < 1.29 is 19.5 Å². The zero-order chi connectivity index (χ0) is 29.9.